The maximum atomic E-state index is 5.66. The largest absolute Gasteiger partial charge is 0.303 e. The van der Waals surface area contributed by atoms with E-state index in [1.165, 1.54) is 57.9 Å². The van der Waals surface area contributed by atoms with Gasteiger partial charge in [0, 0.05) is 12.6 Å². The molecule has 1 atom stereocenters. The predicted molar refractivity (Wildman–Crippen MR) is 66.2 cm³/mol. The van der Waals surface area contributed by atoms with E-state index in [2.05, 4.69) is 17.4 Å². The quantitative estimate of drug-likeness (QED) is 0.575. The van der Waals surface area contributed by atoms with Crippen LogP contribution in [0.3, 0.4) is 0 Å². The van der Waals surface area contributed by atoms with E-state index in [4.69, 9.17) is 4.84 Å². The van der Waals surface area contributed by atoms with Crippen molar-refractivity contribution in [2.75, 3.05) is 20.1 Å². The Bertz CT molecular complexity index is 192. The average Bonchev–Trinajstić information content (AvgIpc) is 2.79. The van der Waals surface area contributed by atoms with E-state index in [9.17, 15) is 0 Å². The van der Waals surface area contributed by atoms with Gasteiger partial charge in [0.15, 0.2) is 0 Å². The lowest BCUT2D eigenvalue weighted by molar-refractivity contribution is -0.0240. The van der Waals surface area contributed by atoms with Crippen molar-refractivity contribution < 1.29 is 4.84 Å². The Hall–Kier alpha value is -0.120. The Morgan fingerprint density at radius 3 is 2.62 bits per heavy atom. The summed E-state index contributed by atoms with van der Waals surface area (Å²) < 4.78 is 0. The molecule has 3 nitrogen and oxygen atoms in total. The molecule has 1 unspecified atom stereocenters. The van der Waals surface area contributed by atoms with Crippen molar-refractivity contribution in [1.29, 1.82) is 0 Å². The lowest BCUT2D eigenvalue weighted by Crippen LogP contribution is -2.38. The van der Waals surface area contributed by atoms with Gasteiger partial charge in [0.2, 0.25) is 0 Å². The van der Waals surface area contributed by atoms with Crippen molar-refractivity contribution in [2.45, 2.75) is 63.5 Å². The summed E-state index contributed by atoms with van der Waals surface area (Å²) in [7, 11) is 2.25. The molecule has 2 fully saturated rings. The highest BCUT2D eigenvalue weighted by Crippen LogP contribution is 2.20. The van der Waals surface area contributed by atoms with Crippen molar-refractivity contribution in [3.8, 4) is 0 Å². The van der Waals surface area contributed by atoms with E-state index < -0.39 is 0 Å². The molecule has 1 aliphatic carbocycles. The van der Waals surface area contributed by atoms with Crippen LogP contribution in [0.1, 0.15) is 51.4 Å². The molecule has 0 amide bonds. The van der Waals surface area contributed by atoms with Crippen molar-refractivity contribution in [1.82, 2.24) is 10.4 Å². The summed E-state index contributed by atoms with van der Waals surface area (Å²) in [6.07, 6.45) is 11.0. The van der Waals surface area contributed by atoms with E-state index >= 15 is 0 Å². The molecule has 0 aromatic rings. The number of hydroxylamine groups is 1. The van der Waals surface area contributed by atoms with Gasteiger partial charge in [0.05, 0.1) is 6.10 Å². The number of likely N-dealkylation sites (tertiary alicyclic amines) is 1. The number of nitrogens with one attached hydrogen (secondary N) is 1. The maximum absolute atomic E-state index is 5.66. The molecule has 2 rings (SSSR count). The molecular weight excluding hydrogens is 200 g/mol. The number of piperidine rings is 1. The molecule has 1 aliphatic heterocycles. The Balaban J connectivity index is 1.53. The Morgan fingerprint density at radius 1 is 1.12 bits per heavy atom. The third-order valence-corrected chi connectivity index (χ3v) is 4.05. The monoisotopic (exact) mass is 226 g/mol. The van der Waals surface area contributed by atoms with Gasteiger partial charge >= 0.3 is 0 Å². The molecule has 3 heteroatoms. The molecule has 94 valence electrons. The van der Waals surface area contributed by atoms with Gasteiger partial charge in [-0.15, -0.1) is 0 Å². The number of hydrogen-bond acceptors (Lipinski definition) is 3. The summed E-state index contributed by atoms with van der Waals surface area (Å²) in [5.74, 6) is 0. The Labute approximate surface area is 99.5 Å². The van der Waals surface area contributed by atoms with Gasteiger partial charge in [-0.25, -0.2) is 5.48 Å². The van der Waals surface area contributed by atoms with Gasteiger partial charge in [-0.3, -0.25) is 4.84 Å². The van der Waals surface area contributed by atoms with Gasteiger partial charge in [0.25, 0.3) is 0 Å². The summed E-state index contributed by atoms with van der Waals surface area (Å²) >= 11 is 0. The van der Waals surface area contributed by atoms with Crippen LogP contribution in [-0.4, -0.2) is 37.2 Å². The zero-order valence-corrected chi connectivity index (χ0v) is 10.6. The first-order valence-corrected chi connectivity index (χ1v) is 6.95. The molecule has 16 heavy (non-hydrogen) atoms. The van der Waals surface area contributed by atoms with Crippen LogP contribution in [0.5, 0.6) is 0 Å². The summed E-state index contributed by atoms with van der Waals surface area (Å²) in [6, 6.07) is 0.772. The molecule has 0 radical (unpaired) electrons. The number of hydrogen-bond donors (Lipinski definition) is 1. The van der Waals surface area contributed by atoms with Crippen molar-refractivity contribution in [3.63, 3.8) is 0 Å². The van der Waals surface area contributed by atoms with E-state index in [1.807, 2.05) is 0 Å². The van der Waals surface area contributed by atoms with Gasteiger partial charge in [-0.1, -0.05) is 19.3 Å². The molecule has 1 heterocycles. The second-order valence-electron chi connectivity index (χ2n) is 5.34. The predicted octanol–water partition coefficient (Wildman–Crippen LogP) is 2.32. The van der Waals surface area contributed by atoms with Crippen LogP contribution < -0.4 is 5.48 Å². The lowest BCUT2D eigenvalue weighted by Gasteiger charge is -2.32. The first-order chi connectivity index (χ1) is 7.86. The van der Waals surface area contributed by atoms with E-state index in [-0.39, 0.29) is 0 Å². The van der Waals surface area contributed by atoms with Crippen LogP contribution in [0.4, 0.5) is 0 Å². The minimum Gasteiger partial charge on any atom is -0.303 e. The number of rotatable bonds is 5. The first-order valence-electron chi connectivity index (χ1n) is 6.95. The van der Waals surface area contributed by atoms with E-state index in [1.54, 1.807) is 0 Å². The standard InChI is InChI=1S/C13H26N2O/c1-15-11-5-4-6-12(15)9-10-14-16-13-7-2-3-8-13/h12-14H,2-11H2,1H3. The highest BCUT2D eigenvalue weighted by molar-refractivity contribution is 4.74. The van der Waals surface area contributed by atoms with Crippen LogP contribution in [-0.2, 0) is 4.84 Å². The van der Waals surface area contributed by atoms with Gasteiger partial charge in [-0.2, -0.15) is 0 Å². The van der Waals surface area contributed by atoms with Crippen LogP contribution in [0.15, 0.2) is 0 Å². The summed E-state index contributed by atoms with van der Waals surface area (Å²) in [4.78, 5) is 8.16. The highest BCUT2D eigenvalue weighted by Gasteiger charge is 2.19. The SMILES string of the molecule is CN1CCCCC1CCNOC1CCCC1. The topological polar surface area (TPSA) is 24.5 Å². The number of nitrogens with zero attached hydrogens (tertiary/aromatic N) is 1. The fourth-order valence-electron chi connectivity index (χ4n) is 2.92. The van der Waals surface area contributed by atoms with Crippen molar-refractivity contribution >= 4 is 0 Å². The second kappa shape index (κ2) is 6.58. The third kappa shape index (κ3) is 3.72. The molecule has 0 aromatic carbocycles. The average molecular weight is 226 g/mol. The van der Waals surface area contributed by atoms with Crippen LogP contribution in [0, 0.1) is 0 Å². The van der Waals surface area contributed by atoms with Gasteiger partial charge in [0.1, 0.15) is 0 Å². The smallest absolute Gasteiger partial charge is 0.0790 e. The molecule has 0 bridgehead atoms. The van der Waals surface area contributed by atoms with Gasteiger partial charge < -0.3 is 4.90 Å². The van der Waals surface area contributed by atoms with Crippen LogP contribution in [0.25, 0.3) is 0 Å². The molecular formula is C13H26N2O. The molecule has 0 spiro atoms. The lowest BCUT2D eigenvalue weighted by atomic mass is 10.0. The zero-order valence-electron chi connectivity index (χ0n) is 10.6. The summed E-state index contributed by atoms with van der Waals surface area (Å²) in [5.41, 5.74) is 3.17. The molecule has 0 aromatic heterocycles. The molecule has 1 N–H and O–H groups in total. The molecule has 1 saturated heterocycles. The fourth-order valence-corrected chi connectivity index (χ4v) is 2.92. The van der Waals surface area contributed by atoms with E-state index in [0.717, 1.165) is 12.6 Å². The molecule has 1 saturated carbocycles. The van der Waals surface area contributed by atoms with Gasteiger partial charge in [-0.05, 0) is 45.7 Å². The zero-order chi connectivity index (χ0) is 11.2. The normalized spacial score (nSPS) is 28.7. The van der Waals surface area contributed by atoms with Crippen molar-refractivity contribution in [2.24, 2.45) is 0 Å². The Kier molecular flexibility index (Phi) is 5.07. The third-order valence-electron chi connectivity index (χ3n) is 4.05. The van der Waals surface area contributed by atoms with E-state index in [0.29, 0.717) is 6.10 Å². The van der Waals surface area contributed by atoms with Crippen molar-refractivity contribution in [3.05, 3.63) is 0 Å². The Morgan fingerprint density at radius 2 is 1.88 bits per heavy atom. The van der Waals surface area contributed by atoms with Crippen LogP contribution in [0.2, 0.25) is 0 Å². The minimum absolute atomic E-state index is 0.490. The highest BCUT2D eigenvalue weighted by atomic mass is 16.7. The minimum atomic E-state index is 0.490. The first kappa shape index (κ1) is 12.3. The summed E-state index contributed by atoms with van der Waals surface area (Å²) in [5, 5.41) is 0. The second-order valence-corrected chi connectivity index (χ2v) is 5.34. The summed E-state index contributed by atoms with van der Waals surface area (Å²) in [6.45, 7) is 2.28. The fraction of sp³-hybridized carbons (Fsp3) is 1.00. The maximum Gasteiger partial charge on any atom is 0.0790 e. The van der Waals surface area contributed by atoms with Crippen LogP contribution >= 0.6 is 0 Å². The molecule has 2 aliphatic rings.